The predicted molar refractivity (Wildman–Crippen MR) is 98.7 cm³/mol. The van der Waals surface area contributed by atoms with Crippen molar-refractivity contribution in [2.24, 2.45) is 0 Å². The number of methoxy groups -OCH3 is 1. The first-order chi connectivity index (χ1) is 12.8. The normalized spacial score (nSPS) is 16.3. The van der Waals surface area contributed by atoms with Gasteiger partial charge in [-0.05, 0) is 17.7 Å². The molecular formula is C20H22N4O2. The van der Waals surface area contributed by atoms with Gasteiger partial charge in [-0.25, -0.2) is 4.68 Å². The molecule has 134 valence electrons. The topological polar surface area (TPSA) is 61.2 Å². The molecule has 3 aromatic rings. The van der Waals surface area contributed by atoms with Crippen LogP contribution in [0.2, 0.25) is 0 Å². The summed E-state index contributed by atoms with van der Waals surface area (Å²) < 4.78 is 13.2. The van der Waals surface area contributed by atoms with Crippen LogP contribution in [-0.2, 0) is 24.4 Å². The van der Waals surface area contributed by atoms with Crippen LogP contribution in [-0.4, -0.2) is 34.8 Å². The van der Waals surface area contributed by atoms with E-state index in [0.29, 0.717) is 13.2 Å². The van der Waals surface area contributed by atoms with E-state index in [0.717, 1.165) is 35.8 Å². The highest BCUT2D eigenvalue weighted by molar-refractivity contribution is 5.61. The molecule has 2 aromatic carbocycles. The van der Waals surface area contributed by atoms with Gasteiger partial charge < -0.3 is 14.8 Å². The van der Waals surface area contributed by atoms with E-state index in [9.17, 15) is 0 Å². The van der Waals surface area contributed by atoms with Crippen LogP contribution in [0, 0.1) is 0 Å². The number of rotatable bonds is 6. The molecule has 1 N–H and O–H groups in total. The van der Waals surface area contributed by atoms with E-state index < -0.39 is 0 Å². The number of benzene rings is 2. The fourth-order valence-electron chi connectivity index (χ4n) is 3.13. The zero-order valence-corrected chi connectivity index (χ0v) is 14.8. The van der Waals surface area contributed by atoms with E-state index in [1.807, 2.05) is 47.1 Å². The van der Waals surface area contributed by atoms with Crippen molar-refractivity contribution in [3.05, 3.63) is 65.9 Å². The van der Waals surface area contributed by atoms with Gasteiger partial charge >= 0.3 is 0 Å². The third kappa shape index (κ3) is 3.61. The lowest BCUT2D eigenvalue weighted by Crippen LogP contribution is -2.36. The first-order valence-corrected chi connectivity index (χ1v) is 8.76. The number of ether oxygens (including phenoxy) is 2. The zero-order valence-electron chi connectivity index (χ0n) is 14.8. The zero-order chi connectivity index (χ0) is 17.8. The standard InChI is InChI=1S/C20H22N4O2/c1-25-17-9-7-15(8-10-17)11-21-12-18-13-24-19(14-26-18)20(22-23-24)16-5-3-2-4-6-16/h2-10,18,21H,11-14H2,1H3/t18-/m0/s1. The first kappa shape index (κ1) is 16.8. The van der Waals surface area contributed by atoms with E-state index >= 15 is 0 Å². The fourth-order valence-corrected chi connectivity index (χ4v) is 3.13. The highest BCUT2D eigenvalue weighted by Crippen LogP contribution is 2.24. The van der Waals surface area contributed by atoms with Gasteiger partial charge in [0.2, 0.25) is 0 Å². The minimum atomic E-state index is 0.0890. The number of nitrogens with zero attached hydrogens (tertiary/aromatic N) is 3. The third-order valence-corrected chi connectivity index (χ3v) is 4.58. The van der Waals surface area contributed by atoms with Crippen LogP contribution < -0.4 is 10.1 Å². The van der Waals surface area contributed by atoms with E-state index in [-0.39, 0.29) is 6.10 Å². The Morgan fingerprint density at radius 3 is 2.73 bits per heavy atom. The van der Waals surface area contributed by atoms with Crippen LogP contribution in [0.25, 0.3) is 11.3 Å². The van der Waals surface area contributed by atoms with Gasteiger partial charge in [0.15, 0.2) is 0 Å². The molecule has 1 atom stereocenters. The van der Waals surface area contributed by atoms with Crippen LogP contribution in [0.1, 0.15) is 11.3 Å². The van der Waals surface area contributed by atoms with Gasteiger partial charge in [0.1, 0.15) is 11.4 Å². The highest BCUT2D eigenvalue weighted by Gasteiger charge is 2.24. The molecule has 1 aliphatic rings. The molecule has 0 bridgehead atoms. The van der Waals surface area contributed by atoms with Crippen molar-refractivity contribution in [1.29, 1.82) is 0 Å². The van der Waals surface area contributed by atoms with Gasteiger partial charge in [-0.2, -0.15) is 0 Å². The largest absolute Gasteiger partial charge is 0.497 e. The smallest absolute Gasteiger partial charge is 0.118 e. The maximum Gasteiger partial charge on any atom is 0.118 e. The number of fused-ring (bicyclic) bond motifs is 1. The van der Waals surface area contributed by atoms with Crippen molar-refractivity contribution in [2.75, 3.05) is 13.7 Å². The molecule has 2 heterocycles. The number of nitrogens with one attached hydrogen (secondary N) is 1. The summed E-state index contributed by atoms with van der Waals surface area (Å²) in [7, 11) is 1.68. The summed E-state index contributed by atoms with van der Waals surface area (Å²) in [4.78, 5) is 0. The summed E-state index contributed by atoms with van der Waals surface area (Å²) in [6.45, 7) is 2.81. The van der Waals surface area contributed by atoms with Gasteiger partial charge in [-0.1, -0.05) is 47.7 Å². The van der Waals surface area contributed by atoms with Crippen molar-refractivity contribution in [3.8, 4) is 17.0 Å². The van der Waals surface area contributed by atoms with E-state index in [1.54, 1.807) is 7.11 Å². The van der Waals surface area contributed by atoms with Gasteiger partial charge in [0.05, 0.1) is 32.1 Å². The van der Waals surface area contributed by atoms with Crippen molar-refractivity contribution in [1.82, 2.24) is 20.3 Å². The maximum atomic E-state index is 6.02. The van der Waals surface area contributed by atoms with Crippen molar-refractivity contribution in [3.63, 3.8) is 0 Å². The fraction of sp³-hybridized carbons (Fsp3) is 0.300. The Labute approximate surface area is 152 Å². The monoisotopic (exact) mass is 350 g/mol. The molecule has 0 saturated carbocycles. The summed E-state index contributed by atoms with van der Waals surface area (Å²) in [5, 5.41) is 12.1. The summed E-state index contributed by atoms with van der Waals surface area (Å²) >= 11 is 0. The molecule has 0 aliphatic carbocycles. The van der Waals surface area contributed by atoms with E-state index in [2.05, 4.69) is 27.8 Å². The lowest BCUT2D eigenvalue weighted by atomic mass is 10.1. The van der Waals surface area contributed by atoms with Gasteiger partial charge in [0.25, 0.3) is 0 Å². The summed E-state index contributed by atoms with van der Waals surface area (Å²) in [6, 6.07) is 18.2. The second kappa shape index (κ2) is 7.68. The van der Waals surface area contributed by atoms with Crippen molar-refractivity contribution < 1.29 is 9.47 Å². The predicted octanol–water partition coefficient (Wildman–Crippen LogP) is 2.64. The molecule has 0 spiro atoms. The molecule has 0 radical (unpaired) electrons. The van der Waals surface area contributed by atoms with Gasteiger partial charge in [-0.3, -0.25) is 0 Å². The van der Waals surface area contributed by atoms with Crippen molar-refractivity contribution in [2.45, 2.75) is 25.8 Å². The lowest BCUT2D eigenvalue weighted by molar-refractivity contribution is 0.00125. The Morgan fingerprint density at radius 2 is 1.96 bits per heavy atom. The Kier molecular flexibility index (Phi) is 4.95. The highest BCUT2D eigenvalue weighted by atomic mass is 16.5. The van der Waals surface area contributed by atoms with Crippen LogP contribution >= 0.6 is 0 Å². The van der Waals surface area contributed by atoms with E-state index in [4.69, 9.17) is 9.47 Å². The molecule has 0 fully saturated rings. The molecule has 0 amide bonds. The molecular weight excluding hydrogens is 328 g/mol. The Bertz CT molecular complexity index is 846. The maximum absolute atomic E-state index is 6.02. The number of hydrogen-bond donors (Lipinski definition) is 1. The number of hydrogen-bond acceptors (Lipinski definition) is 5. The van der Waals surface area contributed by atoms with Crippen molar-refractivity contribution >= 4 is 0 Å². The third-order valence-electron chi connectivity index (χ3n) is 4.58. The molecule has 6 heteroatoms. The lowest BCUT2D eigenvalue weighted by Gasteiger charge is -2.24. The molecule has 0 saturated heterocycles. The Balaban J connectivity index is 1.33. The summed E-state index contributed by atoms with van der Waals surface area (Å²) in [6.07, 6.45) is 0.0890. The Hall–Kier alpha value is -2.70. The average molecular weight is 350 g/mol. The van der Waals surface area contributed by atoms with Crippen LogP contribution in [0.3, 0.4) is 0 Å². The van der Waals surface area contributed by atoms with Crippen LogP contribution in [0.5, 0.6) is 5.75 Å². The average Bonchev–Trinajstić information content (AvgIpc) is 3.12. The molecule has 1 aliphatic heterocycles. The SMILES string of the molecule is COc1ccc(CNC[C@H]2Cn3nnc(-c4ccccc4)c3CO2)cc1. The molecule has 1 aromatic heterocycles. The summed E-state index contributed by atoms with van der Waals surface area (Å²) in [5.41, 5.74) is 4.25. The number of aromatic nitrogens is 3. The first-order valence-electron chi connectivity index (χ1n) is 8.76. The Morgan fingerprint density at radius 1 is 1.15 bits per heavy atom. The minimum Gasteiger partial charge on any atom is -0.497 e. The second-order valence-corrected chi connectivity index (χ2v) is 6.34. The molecule has 0 unspecified atom stereocenters. The second-order valence-electron chi connectivity index (χ2n) is 6.34. The van der Waals surface area contributed by atoms with Crippen LogP contribution in [0.15, 0.2) is 54.6 Å². The van der Waals surface area contributed by atoms with Gasteiger partial charge in [-0.15, -0.1) is 5.10 Å². The molecule has 4 rings (SSSR count). The summed E-state index contributed by atoms with van der Waals surface area (Å²) in [5.74, 6) is 0.872. The van der Waals surface area contributed by atoms with Gasteiger partial charge in [0, 0.05) is 18.7 Å². The van der Waals surface area contributed by atoms with E-state index in [1.165, 1.54) is 5.56 Å². The minimum absolute atomic E-state index is 0.0890. The molecule has 26 heavy (non-hydrogen) atoms. The quantitative estimate of drug-likeness (QED) is 0.741. The van der Waals surface area contributed by atoms with Crippen LogP contribution in [0.4, 0.5) is 0 Å². The molecule has 6 nitrogen and oxygen atoms in total.